The molecule has 2 nitrogen and oxygen atoms in total. The maximum Gasteiger partial charge on any atom is 0.201 e. The van der Waals surface area contributed by atoms with Crippen molar-refractivity contribution in [3.63, 3.8) is 0 Å². The summed E-state index contributed by atoms with van der Waals surface area (Å²) in [6.45, 7) is 27.9. The van der Waals surface area contributed by atoms with E-state index >= 15 is 0 Å². The summed E-state index contributed by atoms with van der Waals surface area (Å²) in [4.78, 5) is 0. The van der Waals surface area contributed by atoms with Crippen LogP contribution in [0.4, 0.5) is 0 Å². The molecule has 0 aliphatic rings. The van der Waals surface area contributed by atoms with Crippen molar-refractivity contribution in [3.05, 3.63) is 118 Å². The van der Waals surface area contributed by atoms with Crippen LogP contribution in [0.15, 0.2) is 93.3 Å². The Morgan fingerprint density at radius 3 is 1.02 bits per heavy atom. The Balaban J connectivity index is 1.76. The molecule has 0 unspecified atom stereocenters. The van der Waals surface area contributed by atoms with Crippen LogP contribution in [0.25, 0.3) is 65.7 Å². The molecule has 0 aliphatic heterocycles. The van der Waals surface area contributed by atoms with Crippen molar-refractivity contribution < 1.29 is 8.39 Å². The van der Waals surface area contributed by atoms with Crippen LogP contribution < -0.4 is 0 Å². The molecule has 0 N–H and O–H groups in total. The maximum atomic E-state index is 7.02. The number of hydrogen-bond acceptors (Lipinski definition) is 2. The lowest BCUT2D eigenvalue weighted by molar-refractivity contribution is 0.663. The molecule has 0 bridgehead atoms. The lowest BCUT2D eigenvalue weighted by atomic mass is 9.80. The first-order valence-electron chi connectivity index (χ1n) is 19.8. The fraction of sp³-hybridized carbons (Fsp3) is 0.360. The van der Waals surface area contributed by atoms with Crippen molar-refractivity contribution in [3.8, 4) is 22.3 Å². The summed E-state index contributed by atoms with van der Waals surface area (Å²) in [5.74, 6) is 2.24. The molecule has 1 heterocycles. The van der Waals surface area contributed by atoms with Gasteiger partial charge in [0.1, 0.15) is 11.2 Å². The van der Waals surface area contributed by atoms with E-state index in [1.54, 1.807) is 0 Å². The molecular formula is C50H57O2P. The third-order valence-corrected chi connectivity index (χ3v) is 11.9. The van der Waals surface area contributed by atoms with Crippen LogP contribution in [0, 0.1) is 0 Å². The van der Waals surface area contributed by atoms with Crippen molar-refractivity contribution in [2.24, 2.45) is 0 Å². The van der Waals surface area contributed by atoms with Gasteiger partial charge in [-0.05, 0) is 114 Å². The number of hydrogen-bond donors (Lipinski definition) is 0. The highest BCUT2D eigenvalue weighted by atomic mass is 31.1. The van der Waals surface area contributed by atoms with Gasteiger partial charge in [0.15, 0.2) is 0 Å². The van der Waals surface area contributed by atoms with Crippen LogP contribution in [0.2, 0.25) is 0 Å². The van der Waals surface area contributed by atoms with Crippen molar-refractivity contribution in [1.82, 2.24) is 0 Å². The van der Waals surface area contributed by atoms with E-state index in [4.69, 9.17) is 8.39 Å². The van der Waals surface area contributed by atoms with E-state index in [-0.39, 0.29) is 8.67 Å². The van der Waals surface area contributed by atoms with E-state index in [0.717, 1.165) is 33.1 Å². The van der Waals surface area contributed by atoms with Gasteiger partial charge in [0, 0.05) is 21.9 Å². The summed E-state index contributed by atoms with van der Waals surface area (Å²) in [5, 5.41) is 7.04. The van der Waals surface area contributed by atoms with Gasteiger partial charge in [0.05, 0.1) is 0 Å². The monoisotopic (exact) mass is 720 g/mol. The first-order valence-corrected chi connectivity index (χ1v) is 20.7. The Bertz CT molecular complexity index is 2290. The number of benzene rings is 6. The molecule has 7 aromatic rings. The highest BCUT2D eigenvalue weighted by Gasteiger charge is 2.26. The zero-order chi connectivity index (χ0) is 37.9. The van der Waals surface area contributed by atoms with Crippen molar-refractivity contribution in [2.45, 2.75) is 119 Å². The molecule has 0 radical (unpaired) electrons. The van der Waals surface area contributed by atoms with Crippen LogP contribution in [-0.4, -0.2) is 0 Å². The molecule has 1 aromatic heterocycles. The molecule has 53 heavy (non-hydrogen) atoms. The molecule has 0 aliphatic carbocycles. The zero-order valence-electron chi connectivity index (χ0n) is 33.9. The van der Waals surface area contributed by atoms with Crippen LogP contribution in [0.1, 0.15) is 152 Å². The average Bonchev–Trinajstić information content (AvgIpc) is 3.33. The number of rotatable bonds is 8. The predicted molar refractivity (Wildman–Crippen MR) is 234 cm³/mol. The van der Waals surface area contributed by atoms with E-state index in [2.05, 4.69) is 168 Å². The van der Waals surface area contributed by atoms with E-state index in [1.165, 1.54) is 66.1 Å². The normalized spacial score (nSPS) is 12.4. The lowest BCUT2D eigenvalue weighted by Gasteiger charge is -2.24. The highest BCUT2D eigenvalue weighted by Crippen LogP contribution is 2.49. The van der Waals surface area contributed by atoms with Crippen LogP contribution in [0.5, 0.6) is 0 Å². The summed E-state index contributed by atoms with van der Waals surface area (Å²) in [6, 6.07) is 32.3. The molecule has 0 spiro atoms. The second-order valence-electron chi connectivity index (χ2n) is 17.1. The van der Waals surface area contributed by atoms with Gasteiger partial charge in [-0.2, -0.15) is 0 Å². The molecule has 274 valence electrons. The third kappa shape index (κ3) is 6.52. The lowest BCUT2D eigenvalue weighted by Crippen LogP contribution is -2.04. The molecule has 0 saturated heterocycles. The first-order chi connectivity index (χ1) is 25.3. The first kappa shape index (κ1) is 37.1. The zero-order valence-corrected chi connectivity index (χ0v) is 34.9. The smallest absolute Gasteiger partial charge is 0.201 e. The summed E-state index contributed by atoms with van der Waals surface area (Å²) in [5.41, 5.74) is 15.1. The molecule has 0 atom stereocenters. The largest absolute Gasteiger partial charge is 0.420 e. The molecule has 0 amide bonds. The van der Waals surface area contributed by atoms with Crippen LogP contribution in [0.3, 0.4) is 0 Å². The van der Waals surface area contributed by atoms with Crippen molar-refractivity contribution in [2.75, 3.05) is 0 Å². The second kappa shape index (κ2) is 14.5. The van der Waals surface area contributed by atoms with Crippen molar-refractivity contribution >= 4 is 52.2 Å². The quantitative estimate of drug-likeness (QED) is 0.156. The minimum absolute atomic E-state index is 0.194. The Kier molecular flexibility index (Phi) is 10.2. The summed E-state index contributed by atoms with van der Waals surface area (Å²) in [7, 11) is -0.194. The Morgan fingerprint density at radius 2 is 0.717 bits per heavy atom. The molecule has 6 aromatic carbocycles. The second-order valence-corrected chi connectivity index (χ2v) is 17.6. The van der Waals surface area contributed by atoms with Crippen LogP contribution in [-0.2, 0) is 0 Å². The van der Waals surface area contributed by atoms with E-state index in [9.17, 15) is 0 Å². The standard InChI is InChI=1S/C50H57O2P/c1-27(2)35-23-39(29(5)6)45(40(24-35)30(7)8)43-21-33-17-13-15-19-37(33)47-48-38-20-16-14-18-34(38)22-44(50(48)52-53-51-49(43)47)46-41(31(9)10)25-36(28(3)4)26-42(46)32(11)12/h13-32,53H,1-12H3. The highest BCUT2D eigenvalue weighted by molar-refractivity contribution is 7.15. The molecular weight excluding hydrogens is 664 g/mol. The Labute approximate surface area is 318 Å². The van der Waals surface area contributed by atoms with Gasteiger partial charge in [-0.3, -0.25) is 0 Å². The van der Waals surface area contributed by atoms with Gasteiger partial charge in [-0.25, -0.2) is 0 Å². The van der Waals surface area contributed by atoms with E-state index < -0.39 is 0 Å². The van der Waals surface area contributed by atoms with Gasteiger partial charge < -0.3 is 8.39 Å². The minimum atomic E-state index is -0.194. The molecule has 0 saturated carbocycles. The Hall–Kier alpha value is -4.26. The molecule has 3 heteroatoms. The van der Waals surface area contributed by atoms with E-state index in [1.807, 2.05) is 0 Å². The van der Waals surface area contributed by atoms with Gasteiger partial charge in [0.2, 0.25) is 8.67 Å². The fourth-order valence-electron chi connectivity index (χ4n) is 8.37. The summed E-state index contributed by atoms with van der Waals surface area (Å²) >= 11 is 0. The third-order valence-electron chi connectivity index (χ3n) is 11.3. The fourth-order valence-corrected chi connectivity index (χ4v) is 9.01. The van der Waals surface area contributed by atoms with Crippen molar-refractivity contribution in [1.29, 1.82) is 0 Å². The summed E-state index contributed by atoms with van der Waals surface area (Å²) < 4.78 is 14.0. The van der Waals surface area contributed by atoms with Crippen LogP contribution >= 0.6 is 8.67 Å². The van der Waals surface area contributed by atoms with Gasteiger partial charge in [0.25, 0.3) is 0 Å². The van der Waals surface area contributed by atoms with Gasteiger partial charge in [-0.1, -0.05) is 156 Å². The van der Waals surface area contributed by atoms with E-state index in [0.29, 0.717) is 35.5 Å². The van der Waals surface area contributed by atoms with Gasteiger partial charge in [-0.15, -0.1) is 0 Å². The Morgan fingerprint density at radius 1 is 0.396 bits per heavy atom. The maximum absolute atomic E-state index is 7.02. The number of fused-ring (bicyclic) bond motifs is 7. The molecule has 0 fully saturated rings. The minimum Gasteiger partial charge on any atom is -0.420 e. The average molecular weight is 721 g/mol. The SMILES string of the molecule is CC(C)c1cc(C(C)C)c(-c2cc3ccccc3c3c2o[pH]oc2c(-c4c(C(C)C)cc(C(C)C)cc4C(C)C)cc4ccccc4c23)c(C(C)C)c1. The summed E-state index contributed by atoms with van der Waals surface area (Å²) in [6.07, 6.45) is 0. The van der Waals surface area contributed by atoms with Gasteiger partial charge >= 0.3 is 0 Å². The predicted octanol–water partition coefficient (Wildman–Crippen LogP) is 16.7. The molecule has 7 rings (SSSR count). The topological polar surface area (TPSA) is 26.3 Å².